The lowest BCUT2D eigenvalue weighted by molar-refractivity contribution is -0.192. The molecule has 148 valence electrons. The van der Waals surface area contributed by atoms with Gasteiger partial charge in [-0.15, -0.1) is 0 Å². The van der Waals surface area contributed by atoms with Gasteiger partial charge in [0.25, 0.3) is 0 Å². The average molecular weight is 400 g/mol. The Balaban J connectivity index is 0.000000412. The zero-order valence-electron chi connectivity index (χ0n) is 14.1. The molecule has 1 aromatic rings. The Bertz CT molecular complexity index is 582. The van der Waals surface area contributed by atoms with Crippen molar-refractivity contribution in [2.75, 3.05) is 19.7 Å². The number of nitrogens with zero attached hydrogens (tertiary/aromatic N) is 1. The van der Waals surface area contributed by atoms with Crippen molar-refractivity contribution in [1.82, 2.24) is 4.90 Å². The monoisotopic (exact) mass is 399 g/mol. The molecule has 26 heavy (non-hydrogen) atoms. The molecule has 0 saturated carbocycles. The lowest BCUT2D eigenvalue weighted by Gasteiger charge is -2.35. The standard InChI is InChI=1S/C15H21ClFNO.C2HF3O2/c16-15-11-13(17)5-4-12(15)6-9-18-8-2-1-3-14(18)7-10-19;3-2(4,5)1(6)7/h4-5,11,14,19H,1-3,6-10H2;(H,6,7). The van der Waals surface area contributed by atoms with E-state index in [2.05, 4.69) is 4.90 Å². The average Bonchev–Trinajstić information content (AvgIpc) is 2.55. The van der Waals surface area contributed by atoms with Crippen LogP contribution >= 0.6 is 11.6 Å². The van der Waals surface area contributed by atoms with Crippen LogP contribution in [0.5, 0.6) is 0 Å². The molecule has 1 atom stereocenters. The van der Waals surface area contributed by atoms with Gasteiger partial charge in [-0.05, 0) is 49.9 Å². The third-order valence-electron chi connectivity index (χ3n) is 4.14. The topological polar surface area (TPSA) is 60.8 Å². The summed E-state index contributed by atoms with van der Waals surface area (Å²) >= 11 is 6.05. The normalized spacial score (nSPS) is 18.2. The van der Waals surface area contributed by atoms with Crippen molar-refractivity contribution < 1.29 is 32.6 Å². The van der Waals surface area contributed by atoms with Gasteiger partial charge >= 0.3 is 12.1 Å². The number of benzene rings is 1. The highest BCUT2D eigenvalue weighted by atomic mass is 35.5. The molecule has 1 aliphatic heterocycles. The van der Waals surface area contributed by atoms with Crippen LogP contribution in [0, 0.1) is 5.82 Å². The van der Waals surface area contributed by atoms with E-state index in [1.165, 1.54) is 25.0 Å². The first-order chi connectivity index (χ1) is 12.1. The van der Waals surface area contributed by atoms with Crippen LogP contribution in [0.1, 0.15) is 31.2 Å². The summed E-state index contributed by atoms with van der Waals surface area (Å²) in [5.41, 5.74) is 0.997. The number of piperidine rings is 1. The molecule has 0 aliphatic carbocycles. The summed E-state index contributed by atoms with van der Waals surface area (Å²) in [5.74, 6) is -3.04. The highest BCUT2D eigenvalue weighted by molar-refractivity contribution is 6.31. The summed E-state index contributed by atoms with van der Waals surface area (Å²) in [6, 6.07) is 5.09. The number of carboxylic acids is 1. The van der Waals surface area contributed by atoms with E-state index >= 15 is 0 Å². The highest BCUT2D eigenvalue weighted by Crippen LogP contribution is 2.22. The highest BCUT2D eigenvalue weighted by Gasteiger charge is 2.38. The first kappa shape index (κ1) is 22.7. The number of aliphatic hydroxyl groups is 1. The van der Waals surface area contributed by atoms with Crippen LogP contribution in [-0.2, 0) is 11.2 Å². The molecule has 0 aromatic heterocycles. The molecule has 1 aliphatic rings. The van der Waals surface area contributed by atoms with Gasteiger partial charge < -0.3 is 10.2 Å². The van der Waals surface area contributed by atoms with E-state index in [1.54, 1.807) is 6.07 Å². The predicted octanol–water partition coefficient (Wildman–Crippen LogP) is 3.89. The van der Waals surface area contributed by atoms with E-state index in [9.17, 15) is 17.6 Å². The van der Waals surface area contributed by atoms with Crippen LogP contribution in [0.15, 0.2) is 18.2 Å². The number of carboxylic acid groups (broad SMARTS) is 1. The van der Waals surface area contributed by atoms with Crippen molar-refractivity contribution >= 4 is 17.6 Å². The van der Waals surface area contributed by atoms with Gasteiger partial charge in [0.1, 0.15) is 5.82 Å². The van der Waals surface area contributed by atoms with Gasteiger partial charge in [-0.3, -0.25) is 4.90 Å². The van der Waals surface area contributed by atoms with Crippen LogP contribution in [0.4, 0.5) is 17.6 Å². The van der Waals surface area contributed by atoms with E-state index in [0.717, 1.165) is 37.9 Å². The minimum Gasteiger partial charge on any atom is -0.475 e. The van der Waals surface area contributed by atoms with Gasteiger partial charge in [0, 0.05) is 24.2 Å². The van der Waals surface area contributed by atoms with E-state index in [0.29, 0.717) is 11.1 Å². The lowest BCUT2D eigenvalue weighted by Crippen LogP contribution is -2.41. The van der Waals surface area contributed by atoms with Gasteiger partial charge in [0.2, 0.25) is 0 Å². The Morgan fingerprint density at radius 1 is 1.31 bits per heavy atom. The number of hydrogen-bond donors (Lipinski definition) is 2. The third kappa shape index (κ3) is 7.88. The smallest absolute Gasteiger partial charge is 0.475 e. The Morgan fingerprint density at radius 3 is 2.50 bits per heavy atom. The van der Waals surface area contributed by atoms with Crippen LogP contribution in [0.25, 0.3) is 0 Å². The predicted molar refractivity (Wildman–Crippen MR) is 89.7 cm³/mol. The molecule has 0 spiro atoms. The molecule has 1 fully saturated rings. The van der Waals surface area contributed by atoms with Gasteiger partial charge in [-0.1, -0.05) is 24.1 Å². The maximum atomic E-state index is 13.0. The Morgan fingerprint density at radius 2 is 1.96 bits per heavy atom. The van der Waals surface area contributed by atoms with E-state index in [-0.39, 0.29) is 12.4 Å². The molecule has 1 saturated heterocycles. The number of aliphatic carboxylic acids is 1. The number of halogens is 5. The van der Waals surface area contributed by atoms with E-state index in [1.807, 2.05) is 0 Å². The number of hydrogen-bond acceptors (Lipinski definition) is 3. The molecule has 9 heteroatoms. The SMILES string of the molecule is O=C(O)C(F)(F)F.OCCC1CCCCN1CCc1ccc(F)cc1Cl. The van der Waals surface area contributed by atoms with Gasteiger partial charge in [0.15, 0.2) is 0 Å². The van der Waals surface area contributed by atoms with Crippen LogP contribution < -0.4 is 0 Å². The number of rotatable bonds is 5. The molecule has 1 unspecified atom stereocenters. The van der Waals surface area contributed by atoms with E-state index in [4.69, 9.17) is 26.6 Å². The number of likely N-dealkylation sites (tertiary alicyclic amines) is 1. The fraction of sp³-hybridized carbons (Fsp3) is 0.588. The Hall–Kier alpha value is -1.38. The molecule has 4 nitrogen and oxygen atoms in total. The largest absolute Gasteiger partial charge is 0.490 e. The van der Waals surface area contributed by atoms with Gasteiger partial charge in [-0.2, -0.15) is 13.2 Å². The first-order valence-corrected chi connectivity index (χ1v) is 8.62. The third-order valence-corrected chi connectivity index (χ3v) is 4.49. The molecular formula is C17H22ClF4NO3. The number of aliphatic hydroxyl groups excluding tert-OH is 1. The van der Waals surface area contributed by atoms with Crippen molar-refractivity contribution in [1.29, 1.82) is 0 Å². The maximum absolute atomic E-state index is 13.0. The molecule has 0 bridgehead atoms. The lowest BCUT2D eigenvalue weighted by atomic mass is 9.99. The minimum absolute atomic E-state index is 0.248. The molecule has 2 rings (SSSR count). The Kier molecular flexibility index (Phi) is 9.32. The number of alkyl halides is 3. The zero-order chi connectivity index (χ0) is 19.7. The molecule has 0 radical (unpaired) electrons. The van der Waals surface area contributed by atoms with Crippen molar-refractivity contribution in [3.05, 3.63) is 34.6 Å². The molecule has 2 N–H and O–H groups in total. The summed E-state index contributed by atoms with van der Waals surface area (Å²) < 4.78 is 44.7. The minimum atomic E-state index is -5.08. The number of carbonyl (C=O) groups is 1. The van der Waals surface area contributed by atoms with Crippen LogP contribution in [-0.4, -0.2) is 53.0 Å². The summed E-state index contributed by atoms with van der Waals surface area (Å²) in [6.45, 7) is 2.26. The van der Waals surface area contributed by atoms with Crippen molar-refractivity contribution in [2.24, 2.45) is 0 Å². The van der Waals surface area contributed by atoms with Crippen LogP contribution in [0.3, 0.4) is 0 Å². The van der Waals surface area contributed by atoms with Gasteiger partial charge in [-0.25, -0.2) is 9.18 Å². The maximum Gasteiger partial charge on any atom is 0.490 e. The van der Waals surface area contributed by atoms with Crippen molar-refractivity contribution in [3.8, 4) is 0 Å². The van der Waals surface area contributed by atoms with Crippen molar-refractivity contribution in [3.63, 3.8) is 0 Å². The second-order valence-corrected chi connectivity index (χ2v) is 6.39. The summed E-state index contributed by atoms with van der Waals surface area (Å²) in [6.07, 6.45) is 0.230. The fourth-order valence-electron chi connectivity index (χ4n) is 2.82. The summed E-state index contributed by atoms with van der Waals surface area (Å²) in [7, 11) is 0. The summed E-state index contributed by atoms with van der Waals surface area (Å²) in [5, 5.41) is 16.7. The van der Waals surface area contributed by atoms with Gasteiger partial charge in [0.05, 0.1) is 0 Å². The van der Waals surface area contributed by atoms with Crippen molar-refractivity contribution in [2.45, 2.75) is 44.3 Å². The quantitative estimate of drug-likeness (QED) is 0.737. The van der Waals surface area contributed by atoms with Crippen LogP contribution in [0.2, 0.25) is 5.02 Å². The zero-order valence-corrected chi connectivity index (χ0v) is 14.9. The Labute approximate surface area is 154 Å². The molecule has 1 aromatic carbocycles. The first-order valence-electron chi connectivity index (χ1n) is 8.24. The second-order valence-electron chi connectivity index (χ2n) is 5.99. The van der Waals surface area contributed by atoms with E-state index < -0.39 is 12.1 Å². The molecular weight excluding hydrogens is 378 g/mol. The summed E-state index contributed by atoms with van der Waals surface area (Å²) in [4.78, 5) is 11.3. The second kappa shape index (κ2) is 10.7. The fourth-order valence-corrected chi connectivity index (χ4v) is 3.08. The molecule has 1 heterocycles. The molecule has 0 amide bonds.